The molecule has 5 nitrogen and oxygen atoms in total. The van der Waals surface area contributed by atoms with Gasteiger partial charge in [0.15, 0.2) is 11.6 Å². The highest BCUT2D eigenvalue weighted by Crippen LogP contribution is 2.25. The van der Waals surface area contributed by atoms with E-state index < -0.39 is 0 Å². The summed E-state index contributed by atoms with van der Waals surface area (Å²) in [5.74, 6) is 0.843. The van der Waals surface area contributed by atoms with E-state index in [1.54, 1.807) is 25.3 Å². The molecule has 0 aliphatic rings. The lowest BCUT2D eigenvalue weighted by molar-refractivity contribution is 0.102. The first kappa shape index (κ1) is 15.3. The van der Waals surface area contributed by atoms with Gasteiger partial charge < -0.3 is 9.73 Å². The second-order valence-corrected chi connectivity index (χ2v) is 5.61. The Labute approximate surface area is 138 Å². The third kappa shape index (κ3) is 3.27. The van der Waals surface area contributed by atoms with Crippen LogP contribution in [0.5, 0.6) is 0 Å². The molecule has 23 heavy (non-hydrogen) atoms. The SMILES string of the molecule is CSc1nc(-c2ccco2)nc(C)c1C(=O)Nc1ccccc1. The highest BCUT2D eigenvalue weighted by Gasteiger charge is 2.19. The number of nitrogens with zero attached hydrogens (tertiary/aromatic N) is 2. The van der Waals surface area contributed by atoms with Crippen LogP contribution in [-0.2, 0) is 0 Å². The molecule has 0 unspecified atom stereocenters. The maximum atomic E-state index is 12.6. The number of aryl methyl sites for hydroxylation is 1. The van der Waals surface area contributed by atoms with Gasteiger partial charge in [0.1, 0.15) is 5.03 Å². The van der Waals surface area contributed by atoms with Gasteiger partial charge in [-0.05, 0) is 37.4 Å². The topological polar surface area (TPSA) is 68.0 Å². The number of aromatic nitrogens is 2. The quantitative estimate of drug-likeness (QED) is 0.579. The number of thioether (sulfide) groups is 1. The van der Waals surface area contributed by atoms with Gasteiger partial charge in [-0.2, -0.15) is 0 Å². The lowest BCUT2D eigenvalue weighted by atomic mass is 10.2. The summed E-state index contributed by atoms with van der Waals surface area (Å²) in [4.78, 5) is 21.4. The Morgan fingerprint density at radius 1 is 1.13 bits per heavy atom. The van der Waals surface area contributed by atoms with E-state index in [1.165, 1.54) is 11.8 Å². The molecule has 1 aromatic carbocycles. The average molecular weight is 325 g/mol. The Kier molecular flexibility index (Phi) is 4.43. The first-order valence-corrected chi connectivity index (χ1v) is 8.24. The van der Waals surface area contributed by atoms with Crippen molar-refractivity contribution in [3.63, 3.8) is 0 Å². The predicted octanol–water partition coefficient (Wildman–Crippen LogP) is 4.02. The van der Waals surface area contributed by atoms with Gasteiger partial charge in [-0.15, -0.1) is 11.8 Å². The van der Waals surface area contributed by atoms with Crippen LogP contribution in [-0.4, -0.2) is 22.1 Å². The number of hydrogen-bond donors (Lipinski definition) is 1. The summed E-state index contributed by atoms with van der Waals surface area (Å²) in [6.45, 7) is 1.80. The standard InChI is InChI=1S/C17H15N3O2S/c1-11-14(16(21)19-12-7-4-3-5-8-12)17(23-2)20-15(18-11)13-9-6-10-22-13/h3-10H,1-2H3,(H,19,21). The highest BCUT2D eigenvalue weighted by atomic mass is 32.2. The van der Waals surface area contributed by atoms with E-state index in [9.17, 15) is 4.79 Å². The van der Waals surface area contributed by atoms with Crippen molar-refractivity contribution in [3.05, 3.63) is 60.0 Å². The number of rotatable bonds is 4. The first-order valence-electron chi connectivity index (χ1n) is 7.02. The van der Waals surface area contributed by atoms with Crippen LogP contribution >= 0.6 is 11.8 Å². The Hall–Kier alpha value is -2.60. The molecule has 0 aliphatic heterocycles. The molecule has 0 aliphatic carbocycles. The number of para-hydroxylation sites is 1. The van der Waals surface area contributed by atoms with Gasteiger partial charge in [0.2, 0.25) is 0 Å². The molecule has 6 heteroatoms. The fraction of sp³-hybridized carbons (Fsp3) is 0.118. The van der Waals surface area contributed by atoms with Crippen LogP contribution in [0.25, 0.3) is 11.6 Å². The van der Waals surface area contributed by atoms with Gasteiger partial charge in [-0.25, -0.2) is 9.97 Å². The van der Waals surface area contributed by atoms with Gasteiger partial charge >= 0.3 is 0 Å². The minimum absolute atomic E-state index is 0.218. The van der Waals surface area contributed by atoms with Crippen LogP contribution in [0, 0.1) is 6.92 Å². The van der Waals surface area contributed by atoms with Gasteiger partial charge in [0, 0.05) is 5.69 Å². The lowest BCUT2D eigenvalue weighted by Gasteiger charge is -2.11. The minimum atomic E-state index is -0.218. The van der Waals surface area contributed by atoms with Crippen molar-refractivity contribution < 1.29 is 9.21 Å². The zero-order chi connectivity index (χ0) is 16.2. The van der Waals surface area contributed by atoms with Gasteiger partial charge in [-0.3, -0.25) is 4.79 Å². The van der Waals surface area contributed by atoms with Gasteiger partial charge in [-0.1, -0.05) is 18.2 Å². The van der Waals surface area contributed by atoms with Gasteiger partial charge in [0.05, 0.1) is 17.5 Å². The second-order valence-electron chi connectivity index (χ2n) is 4.81. The zero-order valence-corrected chi connectivity index (χ0v) is 13.6. The number of hydrogen-bond acceptors (Lipinski definition) is 5. The van der Waals surface area contributed by atoms with Gasteiger partial charge in [0.25, 0.3) is 5.91 Å². The van der Waals surface area contributed by atoms with E-state index >= 15 is 0 Å². The zero-order valence-electron chi connectivity index (χ0n) is 12.7. The van der Waals surface area contributed by atoms with E-state index in [2.05, 4.69) is 15.3 Å². The molecule has 0 fully saturated rings. The van der Waals surface area contributed by atoms with E-state index in [4.69, 9.17) is 4.42 Å². The summed E-state index contributed by atoms with van der Waals surface area (Å²) in [7, 11) is 0. The third-order valence-electron chi connectivity index (χ3n) is 3.25. The fourth-order valence-electron chi connectivity index (χ4n) is 2.19. The molecular formula is C17H15N3O2S. The summed E-state index contributed by atoms with van der Waals surface area (Å²) in [5, 5.41) is 3.49. The molecule has 2 aromatic heterocycles. The molecule has 1 amide bonds. The lowest BCUT2D eigenvalue weighted by Crippen LogP contribution is -2.16. The summed E-state index contributed by atoms with van der Waals surface area (Å²) in [6, 6.07) is 12.9. The van der Waals surface area contributed by atoms with Crippen LogP contribution in [0.3, 0.4) is 0 Å². The second kappa shape index (κ2) is 6.66. The van der Waals surface area contributed by atoms with Crippen molar-refractivity contribution in [1.29, 1.82) is 0 Å². The Bertz CT molecular complexity index is 817. The van der Waals surface area contributed by atoms with Crippen LogP contribution in [0.2, 0.25) is 0 Å². The summed E-state index contributed by atoms with van der Waals surface area (Å²) < 4.78 is 5.34. The Balaban J connectivity index is 1.97. The normalized spacial score (nSPS) is 10.5. The van der Waals surface area contributed by atoms with Crippen LogP contribution in [0.15, 0.2) is 58.2 Å². The van der Waals surface area contributed by atoms with Crippen molar-refractivity contribution in [2.24, 2.45) is 0 Å². The predicted molar refractivity (Wildman–Crippen MR) is 90.6 cm³/mol. The Morgan fingerprint density at radius 3 is 2.57 bits per heavy atom. The number of carbonyl (C=O) groups is 1. The number of amides is 1. The van der Waals surface area contributed by atoms with Crippen molar-refractivity contribution in [1.82, 2.24) is 9.97 Å². The molecule has 0 saturated heterocycles. The Morgan fingerprint density at radius 2 is 1.91 bits per heavy atom. The molecule has 0 bridgehead atoms. The molecule has 0 spiro atoms. The summed E-state index contributed by atoms with van der Waals surface area (Å²) >= 11 is 1.41. The van der Waals surface area contributed by atoms with Crippen molar-refractivity contribution in [2.45, 2.75) is 11.9 Å². The van der Waals surface area contributed by atoms with Crippen molar-refractivity contribution in [2.75, 3.05) is 11.6 Å². The fourth-order valence-corrected chi connectivity index (χ4v) is 2.81. The number of carbonyl (C=O) groups excluding carboxylic acids is 1. The maximum Gasteiger partial charge on any atom is 0.260 e. The molecular weight excluding hydrogens is 310 g/mol. The molecule has 116 valence electrons. The molecule has 0 radical (unpaired) electrons. The number of furan rings is 1. The number of benzene rings is 1. The minimum Gasteiger partial charge on any atom is -0.461 e. The maximum absolute atomic E-state index is 12.6. The van der Waals surface area contributed by atoms with Crippen molar-refractivity contribution in [3.8, 4) is 11.6 Å². The molecule has 3 aromatic rings. The highest BCUT2D eigenvalue weighted by molar-refractivity contribution is 7.98. The van der Waals surface area contributed by atoms with E-state index in [1.807, 2.05) is 36.6 Å². The third-order valence-corrected chi connectivity index (χ3v) is 3.93. The van der Waals surface area contributed by atoms with E-state index in [0.29, 0.717) is 27.9 Å². The average Bonchev–Trinajstić information content (AvgIpc) is 3.09. The number of anilines is 1. The van der Waals surface area contributed by atoms with Crippen molar-refractivity contribution >= 4 is 23.4 Å². The summed E-state index contributed by atoms with van der Waals surface area (Å²) in [6.07, 6.45) is 3.45. The molecule has 0 atom stereocenters. The summed E-state index contributed by atoms with van der Waals surface area (Å²) in [5.41, 5.74) is 1.83. The van der Waals surface area contributed by atoms with Crippen LogP contribution in [0.1, 0.15) is 16.1 Å². The smallest absolute Gasteiger partial charge is 0.260 e. The molecule has 2 heterocycles. The largest absolute Gasteiger partial charge is 0.461 e. The first-order chi connectivity index (χ1) is 11.2. The van der Waals surface area contributed by atoms with Crippen LogP contribution < -0.4 is 5.32 Å². The van der Waals surface area contributed by atoms with Crippen LogP contribution in [0.4, 0.5) is 5.69 Å². The molecule has 3 rings (SSSR count). The van der Waals surface area contributed by atoms with E-state index in [-0.39, 0.29) is 5.91 Å². The molecule has 1 N–H and O–H groups in total. The van der Waals surface area contributed by atoms with E-state index in [0.717, 1.165) is 5.69 Å². The molecule has 0 saturated carbocycles. The monoisotopic (exact) mass is 325 g/mol. The number of nitrogens with one attached hydrogen (secondary N) is 1.